The molecule has 0 radical (unpaired) electrons. The maximum atomic E-state index is 13.4. The van der Waals surface area contributed by atoms with E-state index in [0.717, 1.165) is 11.5 Å². The third-order valence-electron chi connectivity index (χ3n) is 1.77. The van der Waals surface area contributed by atoms with Crippen molar-refractivity contribution >= 4 is 38.4 Å². The fraction of sp³-hybridized carbons (Fsp3) is 0. The zero-order valence-corrected chi connectivity index (χ0v) is 10.2. The van der Waals surface area contributed by atoms with Gasteiger partial charge in [0.05, 0.1) is 11.8 Å². The van der Waals surface area contributed by atoms with E-state index in [1.54, 1.807) is 6.07 Å². The predicted molar refractivity (Wildman–Crippen MR) is 62.0 cm³/mol. The zero-order valence-electron chi connectivity index (χ0n) is 7.78. The van der Waals surface area contributed by atoms with Crippen molar-refractivity contribution in [2.45, 2.75) is 0 Å². The molecule has 0 saturated heterocycles. The first-order chi connectivity index (χ1) is 7.66. The first kappa shape index (κ1) is 11.2. The Labute approximate surface area is 103 Å². The molecule has 0 bridgehead atoms. The van der Waals surface area contributed by atoms with Gasteiger partial charge in [-0.05, 0) is 18.2 Å². The van der Waals surface area contributed by atoms with Crippen LogP contribution < -0.4 is 5.32 Å². The molecule has 0 spiro atoms. The molecule has 0 saturated carbocycles. The Bertz CT molecular complexity index is 517. The minimum Gasteiger partial charge on any atom is -0.311 e. The van der Waals surface area contributed by atoms with Crippen LogP contribution in [0.5, 0.6) is 0 Å². The largest absolute Gasteiger partial charge is 0.311 e. The second-order valence-corrected chi connectivity index (χ2v) is 4.56. The van der Waals surface area contributed by atoms with E-state index < -0.39 is 11.7 Å². The van der Waals surface area contributed by atoms with Gasteiger partial charge in [0, 0.05) is 16.0 Å². The van der Waals surface area contributed by atoms with Gasteiger partial charge in [0.2, 0.25) is 0 Å². The van der Waals surface area contributed by atoms with Crippen LogP contribution in [0.15, 0.2) is 28.9 Å². The Morgan fingerprint density at radius 2 is 2.31 bits per heavy atom. The number of carbonyl (C=O) groups is 1. The number of amides is 1. The van der Waals surface area contributed by atoms with E-state index in [1.165, 1.54) is 18.3 Å². The van der Waals surface area contributed by atoms with Crippen molar-refractivity contribution in [1.82, 2.24) is 9.59 Å². The molecule has 1 amide bonds. The summed E-state index contributed by atoms with van der Waals surface area (Å²) in [5.41, 5.74) is -0.0170. The van der Waals surface area contributed by atoms with E-state index in [-0.39, 0.29) is 5.56 Å². The van der Waals surface area contributed by atoms with Gasteiger partial charge in [0.15, 0.2) is 0 Å². The summed E-state index contributed by atoms with van der Waals surface area (Å²) in [5.74, 6) is -1.10. The molecule has 1 heterocycles. The van der Waals surface area contributed by atoms with Gasteiger partial charge in [-0.3, -0.25) is 4.79 Å². The Hall–Kier alpha value is -1.34. The van der Waals surface area contributed by atoms with E-state index in [4.69, 9.17) is 0 Å². The summed E-state index contributed by atoms with van der Waals surface area (Å²) >= 11 is 4.15. The monoisotopic (exact) mass is 301 g/mol. The van der Waals surface area contributed by atoms with Gasteiger partial charge < -0.3 is 5.32 Å². The predicted octanol–water partition coefficient (Wildman–Crippen LogP) is 2.69. The minimum absolute atomic E-state index is 0.0170. The number of hydrogen-bond donors (Lipinski definition) is 1. The van der Waals surface area contributed by atoms with Crippen LogP contribution in [0, 0.1) is 5.82 Å². The van der Waals surface area contributed by atoms with Gasteiger partial charge in [-0.2, -0.15) is 0 Å². The Morgan fingerprint density at radius 1 is 1.50 bits per heavy atom. The molecule has 1 N–H and O–H groups in total. The lowest BCUT2D eigenvalue weighted by Gasteiger charge is -2.03. The highest BCUT2D eigenvalue weighted by atomic mass is 79.9. The number of hydrogen-bond acceptors (Lipinski definition) is 4. The molecule has 1 aromatic heterocycles. The van der Waals surface area contributed by atoms with E-state index in [1.807, 2.05) is 0 Å². The van der Waals surface area contributed by atoms with Crippen LogP contribution in [0.4, 0.5) is 9.39 Å². The molecule has 0 aliphatic heterocycles. The van der Waals surface area contributed by atoms with Crippen LogP contribution in [0.25, 0.3) is 0 Å². The van der Waals surface area contributed by atoms with Crippen molar-refractivity contribution in [2.75, 3.05) is 5.32 Å². The molecule has 0 unspecified atom stereocenters. The van der Waals surface area contributed by atoms with Crippen LogP contribution in [-0.2, 0) is 0 Å². The van der Waals surface area contributed by atoms with Crippen LogP contribution in [0.3, 0.4) is 0 Å². The molecule has 16 heavy (non-hydrogen) atoms. The number of halogens is 2. The molecule has 1 aromatic carbocycles. The molecule has 0 aliphatic rings. The van der Waals surface area contributed by atoms with Crippen molar-refractivity contribution < 1.29 is 9.18 Å². The minimum atomic E-state index is -0.579. The third kappa shape index (κ3) is 2.42. The first-order valence-electron chi connectivity index (χ1n) is 4.20. The molecular weight excluding hydrogens is 297 g/mol. The highest BCUT2D eigenvalue weighted by molar-refractivity contribution is 9.10. The summed E-state index contributed by atoms with van der Waals surface area (Å²) in [4.78, 5) is 11.6. The zero-order chi connectivity index (χ0) is 11.5. The van der Waals surface area contributed by atoms with Gasteiger partial charge in [0.1, 0.15) is 10.8 Å². The van der Waals surface area contributed by atoms with Gasteiger partial charge in [0.25, 0.3) is 5.91 Å². The van der Waals surface area contributed by atoms with Gasteiger partial charge in [-0.25, -0.2) is 4.39 Å². The quantitative estimate of drug-likeness (QED) is 0.928. The first-order valence-corrected chi connectivity index (χ1v) is 5.77. The fourth-order valence-electron chi connectivity index (χ4n) is 1.08. The lowest BCUT2D eigenvalue weighted by Crippen LogP contribution is -2.12. The summed E-state index contributed by atoms with van der Waals surface area (Å²) in [5, 5.41) is 6.53. The molecule has 0 fully saturated rings. The van der Waals surface area contributed by atoms with Crippen molar-refractivity contribution in [1.29, 1.82) is 0 Å². The van der Waals surface area contributed by atoms with E-state index in [0.29, 0.717) is 9.47 Å². The molecular formula is C9H5BrFN3OS. The third-order valence-corrected chi connectivity index (χ3v) is 2.85. The molecule has 82 valence electrons. The average molecular weight is 302 g/mol. The van der Waals surface area contributed by atoms with E-state index in [2.05, 4.69) is 30.8 Å². The lowest BCUT2D eigenvalue weighted by molar-refractivity contribution is 0.102. The smallest absolute Gasteiger partial charge is 0.259 e. The van der Waals surface area contributed by atoms with E-state index in [9.17, 15) is 9.18 Å². The van der Waals surface area contributed by atoms with Crippen molar-refractivity contribution in [2.24, 2.45) is 0 Å². The molecule has 0 aliphatic carbocycles. The maximum absolute atomic E-state index is 13.4. The molecule has 2 rings (SSSR count). The lowest BCUT2D eigenvalue weighted by atomic mass is 10.2. The normalized spacial score (nSPS) is 10.1. The van der Waals surface area contributed by atoms with Gasteiger partial charge >= 0.3 is 0 Å². The number of anilines is 1. The van der Waals surface area contributed by atoms with Gasteiger partial charge in [-0.1, -0.05) is 20.4 Å². The average Bonchev–Trinajstić information content (AvgIpc) is 2.70. The number of nitrogens with zero attached hydrogens (tertiary/aromatic N) is 2. The summed E-state index contributed by atoms with van der Waals surface area (Å²) in [6.07, 6.45) is 1.40. The summed E-state index contributed by atoms with van der Waals surface area (Å²) in [6.45, 7) is 0. The maximum Gasteiger partial charge on any atom is 0.259 e. The van der Waals surface area contributed by atoms with Crippen molar-refractivity contribution in [3.8, 4) is 0 Å². The van der Waals surface area contributed by atoms with Crippen LogP contribution in [0.2, 0.25) is 0 Å². The standard InChI is InChI=1S/C9H5BrFN3OS/c10-5-1-2-6(7(11)3-5)9(15)13-8-4-12-14-16-8/h1-4H,(H,13,15). The topological polar surface area (TPSA) is 54.9 Å². The van der Waals surface area contributed by atoms with Crippen LogP contribution in [0.1, 0.15) is 10.4 Å². The Balaban J connectivity index is 2.21. The molecule has 7 heteroatoms. The highest BCUT2D eigenvalue weighted by Crippen LogP contribution is 2.17. The SMILES string of the molecule is O=C(Nc1cnns1)c1ccc(Br)cc1F. The number of rotatable bonds is 2. The Kier molecular flexibility index (Phi) is 3.25. The van der Waals surface area contributed by atoms with Crippen molar-refractivity contribution in [3.63, 3.8) is 0 Å². The second kappa shape index (κ2) is 4.67. The van der Waals surface area contributed by atoms with E-state index >= 15 is 0 Å². The number of nitrogens with one attached hydrogen (secondary N) is 1. The van der Waals surface area contributed by atoms with Gasteiger partial charge in [-0.15, -0.1) is 5.10 Å². The molecule has 2 aromatic rings. The summed E-state index contributed by atoms with van der Waals surface area (Å²) < 4.78 is 17.6. The summed E-state index contributed by atoms with van der Waals surface area (Å²) in [7, 11) is 0. The highest BCUT2D eigenvalue weighted by Gasteiger charge is 2.12. The number of benzene rings is 1. The Morgan fingerprint density at radius 3 is 2.94 bits per heavy atom. The molecule has 4 nitrogen and oxygen atoms in total. The number of aromatic nitrogens is 2. The molecule has 0 atom stereocenters. The van der Waals surface area contributed by atoms with Crippen molar-refractivity contribution in [3.05, 3.63) is 40.2 Å². The fourth-order valence-corrected chi connectivity index (χ4v) is 1.82. The van der Waals surface area contributed by atoms with Crippen LogP contribution >= 0.6 is 27.5 Å². The van der Waals surface area contributed by atoms with Crippen LogP contribution in [-0.4, -0.2) is 15.5 Å². The summed E-state index contributed by atoms with van der Waals surface area (Å²) in [6, 6.07) is 4.24. The second-order valence-electron chi connectivity index (χ2n) is 2.86. The number of carbonyl (C=O) groups excluding carboxylic acids is 1.